The van der Waals surface area contributed by atoms with E-state index in [0.717, 1.165) is 17.1 Å². The van der Waals surface area contributed by atoms with Crippen LogP contribution in [0.25, 0.3) is 0 Å². The summed E-state index contributed by atoms with van der Waals surface area (Å²) in [7, 11) is 3.22. The number of guanidine groups is 1. The molecule has 1 aromatic rings. The Hall–Kier alpha value is -3.07. The normalized spacial score (nSPS) is 23.3. The first kappa shape index (κ1) is 19.3. The van der Waals surface area contributed by atoms with Gasteiger partial charge in [-0.05, 0) is 38.1 Å². The van der Waals surface area contributed by atoms with Gasteiger partial charge in [-0.3, -0.25) is 14.6 Å². The van der Waals surface area contributed by atoms with Gasteiger partial charge in [0.05, 0.1) is 19.8 Å². The van der Waals surface area contributed by atoms with E-state index >= 15 is 0 Å². The van der Waals surface area contributed by atoms with E-state index < -0.39 is 12.2 Å². The molecule has 0 radical (unpaired) electrons. The Morgan fingerprint density at radius 2 is 1.90 bits per heavy atom. The van der Waals surface area contributed by atoms with E-state index in [0.29, 0.717) is 19.2 Å². The van der Waals surface area contributed by atoms with Crippen LogP contribution in [0.1, 0.15) is 13.8 Å². The van der Waals surface area contributed by atoms with E-state index in [1.54, 1.807) is 14.2 Å². The number of imide groups is 1. The van der Waals surface area contributed by atoms with E-state index in [4.69, 9.17) is 14.5 Å². The number of amides is 3. The lowest BCUT2D eigenvalue weighted by Gasteiger charge is -2.40. The van der Waals surface area contributed by atoms with Crippen LogP contribution >= 0.6 is 0 Å². The molecular weight excluding hydrogens is 374 g/mol. The van der Waals surface area contributed by atoms with Gasteiger partial charge in [0.2, 0.25) is 5.96 Å². The van der Waals surface area contributed by atoms with E-state index in [1.807, 2.05) is 54.1 Å². The molecule has 2 atom stereocenters. The molecule has 29 heavy (non-hydrogen) atoms. The Balaban J connectivity index is 1.64. The number of allylic oxidation sites excluding steroid dienone is 1. The summed E-state index contributed by atoms with van der Waals surface area (Å²) in [4.78, 5) is 37.1. The van der Waals surface area contributed by atoms with Crippen LogP contribution in [0.5, 0.6) is 5.75 Å². The van der Waals surface area contributed by atoms with Crippen LogP contribution < -0.4 is 9.64 Å². The predicted molar refractivity (Wildman–Crippen MR) is 107 cm³/mol. The van der Waals surface area contributed by atoms with Gasteiger partial charge in [-0.1, -0.05) is 0 Å². The second kappa shape index (κ2) is 7.40. The number of carbonyl (C=O) groups is 2. The van der Waals surface area contributed by atoms with Gasteiger partial charge >= 0.3 is 6.03 Å². The first-order valence-corrected chi connectivity index (χ1v) is 9.62. The van der Waals surface area contributed by atoms with Crippen molar-refractivity contribution in [3.8, 4) is 5.75 Å². The minimum atomic E-state index is -0.577. The average Bonchev–Trinajstić information content (AvgIpc) is 3.22. The third-order valence-corrected chi connectivity index (χ3v) is 5.31. The molecule has 3 aliphatic heterocycles. The largest absolute Gasteiger partial charge is 0.494 e. The number of benzene rings is 1. The van der Waals surface area contributed by atoms with E-state index in [-0.39, 0.29) is 18.5 Å². The molecule has 0 saturated carbocycles. The fourth-order valence-electron chi connectivity index (χ4n) is 3.92. The lowest BCUT2D eigenvalue weighted by Crippen LogP contribution is -2.64. The Morgan fingerprint density at radius 1 is 1.17 bits per heavy atom. The summed E-state index contributed by atoms with van der Waals surface area (Å²) < 4.78 is 10.6. The van der Waals surface area contributed by atoms with Crippen molar-refractivity contribution in [1.82, 2.24) is 14.7 Å². The van der Waals surface area contributed by atoms with Crippen molar-refractivity contribution < 1.29 is 19.1 Å². The standard InChI is InChI=1S/C20H25N5O4/c1-5-29-15-8-6-14(7-9-15)25-13(2)12-24-16-17(21-19(24)25)22(3)20(27)23(18(16)26)10-11-28-4/h6-9,12,16-17H,5,10-11H2,1-4H3. The van der Waals surface area contributed by atoms with Crippen molar-refractivity contribution in [3.05, 3.63) is 36.2 Å². The number of ether oxygens (including phenoxy) is 2. The second-order valence-corrected chi connectivity index (χ2v) is 7.10. The number of nitrogens with zero attached hydrogens (tertiary/aromatic N) is 5. The predicted octanol–water partition coefficient (Wildman–Crippen LogP) is 1.67. The molecular formula is C20H25N5O4. The first-order valence-electron chi connectivity index (χ1n) is 9.62. The van der Waals surface area contributed by atoms with Gasteiger partial charge in [0.15, 0.2) is 12.2 Å². The maximum Gasteiger partial charge on any atom is 0.328 e. The van der Waals surface area contributed by atoms with Crippen LogP contribution in [0.2, 0.25) is 0 Å². The summed E-state index contributed by atoms with van der Waals surface area (Å²) in [5.41, 5.74) is 1.86. The average molecular weight is 399 g/mol. The summed E-state index contributed by atoms with van der Waals surface area (Å²) in [6.07, 6.45) is 1.36. The summed E-state index contributed by atoms with van der Waals surface area (Å²) in [6, 6.07) is 6.80. The van der Waals surface area contributed by atoms with Crippen LogP contribution in [0.3, 0.4) is 0 Å². The van der Waals surface area contributed by atoms with Gasteiger partial charge in [0.25, 0.3) is 5.91 Å². The molecule has 0 spiro atoms. The quantitative estimate of drug-likeness (QED) is 0.724. The zero-order valence-electron chi connectivity index (χ0n) is 17.0. The fourth-order valence-corrected chi connectivity index (χ4v) is 3.92. The zero-order chi connectivity index (χ0) is 20.7. The number of aliphatic imine (C=N–C) groups is 1. The number of methoxy groups -OCH3 is 1. The molecule has 0 aromatic heterocycles. The van der Waals surface area contributed by atoms with Gasteiger partial charge in [0, 0.05) is 31.7 Å². The molecule has 3 aliphatic rings. The summed E-state index contributed by atoms with van der Waals surface area (Å²) in [5, 5.41) is 0. The Bertz CT molecular complexity index is 881. The van der Waals surface area contributed by atoms with Crippen molar-refractivity contribution in [1.29, 1.82) is 0 Å². The molecule has 9 nitrogen and oxygen atoms in total. The molecule has 1 saturated heterocycles. The van der Waals surface area contributed by atoms with Crippen molar-refractivity contribution in [3.63, 3.8) is 0 Å². The van der Waals surface area contributed by atoms with Crippen LogP contribution in [0.15, 0.2) is 41.2 Å². The number of hydrogen-bond acceptors (Lipinski definition) is 7. The molecule has 4 rings (SSSR count). The maximum atomic E-state index is 13.1. The summed E-state index contributed by atoms with van der Waals surface area (Å²) in [6.45, 7) is 5.03. The van der Waals surface area contributed by atoms with E-state index in [2.05, 4.69) is 0 Å². The molecule has 154 valence electrons. The lowest BCUT2D eigenvalue weighted by atomic mass is 10.1. The number of rotatable bonds is 6. The Morgan fingerprint density at radius 3 is 2.55 bits per heavy atom. The molecule has 1 aromatic carbocycles. The van der Waals surface area contributed by atoms with E-state index in [1.165, 1.54) is 9.80 Å². The SMILES string of the molecule is CCOc1ccc(N2C(C)=CN3C2=NC2C3C(=O)N(CCOC)C(=O)N2C)cc1. The third kappa shape index (κ3) is 3.02. The van der Waals surface area contributed by atoms with Gasteiger partial charge in [0.1, 0.15) is 5.75 Å². The van der Waals surface area contributed by atoms with Crippen LogP contribution in [0.4, 0.5) is 10.5 Å². The molecule has 0 bridgehead atoms. The molecule has 1 fully saturated rings. The van der Waals surface area contributed by atoms with Gasteiger partial charge < -0.3 is 19.3 Å². The summed E-state index contributed by atoms with van der Waals surface area (Å²) in [5.74, 6) is 1.18. The highest BCUT2D eigenvalue weighted by Gasteiger charge is 2.54. The fraction of sp³-hybridized carbons (Fsp3) is 0.450. The first-order chi connectivity index (χ1) is 14.0. The van der Waals surface area contributed by atoms with Crippen LogP contribution in [-0.2, 0) is 9.53 Å². The number of anilines is 1. The zero-order valence-corrected chi connectivity index (χ0v) is 17.0. The van der Waals surface area contributed by atoms with Crippen molar-refractivity contribution >= 4 is 23.6 Å². The lowest BCUT2D eigenvalue weighted by molar-refractivity contribution is -0.137. The van der Waals surface area contributed by atoms with Gasteiger partial charge in [-0.15, -0.1) is 0 Å². The molecule has 0 N–H and O–H groups in total. The number of likely N-dealkylation sites (N-methyl/N-ethyl adjacent to an activating group) is 1. The highest BCUT2D eigenvalue weighted by atomic mass is 16.5. The van der Waals surface area contributed by atoms with E-state index in [9.17, 15) is 9.59 Å². The van der Waals surface area contributed by atoms with Gasteiger partial charge in [-0.2, -0.15) is 0 Å². The van der Waals surface area contributed by atoms with Crippen LogP contribution in [-0.4, -0.2) is 78.7 Å². The van der Waals surface area contributed by atoms with Crippen molar-refractivity contribution in [2.45, 2.75) is 26.1 Å². The smallest absolute Gasteiger partial charge is 0.328 e. The number of urea groups is 1. The van der Waals surface area contributed by atoms with Crippen LogP contribution in [0, 0.1) is 0 Å². The molecule has 3 amide bonds. The molecule has 3 heterocycles. The topological polar surface area (TPSA) is 77.9 Å². The highest BCUT2D eigenvalue weighted by molar-refractivity contribution is 6.09. The third-order valence-electron chi connectivity index (χ3n) is 5.31. The van der Waals surface area contributed by atoms with Crippen molar-refractivity contribution in [2.75, 3.05) is 38.8 Å². The minimum Gasteiger partial charge on any atom is -0.494 e. The Kier molecular flexibility index (Phi) is 4.91. The van der Waals surface area contributed by atoms with Gasteiger partial charge in [-0.25, -0.2) is 9.79 Å². The number of hydrogen-bond donors (Lipinski definition) is 0. The molecule has 2 unspecified atom stereocenters. The monoisotopic (exact) mass is 399 g/mol. The highest BCUT2D eigenvalue weighted by Crippen LogP contribution is 2.36. The number of carbonyl (C=O) groups excluding carboxylic acids is 2. The maximum absolute atomic E-state index is 13.1. The molecule has 9 heteroatoms. The molecule has 0 aliphatic carbocycles. The Labute approximate surface area is 169 Å². The minimum absolute atomic E-state index is 0.218. The second-order valence-electron chi connectivity index (χ2n) is 7.10. The van der Waals surface area contributed by atoms with Crippen molar-refractivity contribution in [2.24, 2.45) is 4.99 Å². The number of fused-ring (bicyclic) bond motifs is 3. The summed E-state index contributed by atoms with van der Waals surface area (Å²) >= 11 is 0.